The zero-order chi connectivity index (χ0) is 21.8. The van der Waals surface area contributed by atoms with Crippen molar-refractivity contribution >= 4 is 23.3 Å². The van der Waals surface area contributed by atoms with Gasteiger partial charge in [-0.05, 0) is 66.9 Å². The van der Waals surface area contributed by atoms with Gasteiger partial charge in [0.1, 0.15) is 5.82 Å². The van der Waals surface area contributed by atoms with Crippen LogP contribution in [0.5, 0.6) is 0 Å². The van der Waals surface area contributed by atoms with Gasteiger partial charge >= 0.3 is 0 Å². The van der Waals surface area contributed by atoms with Gasteiger partial charge in [0.15, 0.2) is 5.82 Å². The van der Waals surface area contributed by atoms with E-state index in [1.807, 2.05) is 6.07 Å². The van der Waals surface area contributed by atoms with Crippen LogP contribution in [0, 0.1) is 5.82 Å². The van der Waals surface area contributed by atoms with Crippen LogP contribution in [0.2, 0.25) is 0 Å². The molecule has 160 valence electrons. The van der Waals surface area contributed by atoms with Crippen LogP contribution in [0.4, 0.5) is 15.9 Å². The second-order valence-corrected chi connectivity index (χ2v) is 7.64. The molecule has 0 atom stereocenters. The van der Waals surface area contributed by atoms with Gasteiger partial charge in [-0.3, -0.25) is 14.7 Å². The van der Waals surface area contributed by atoms with E-state index in [0.29, 0.717) is 11.3 Å². The number of H-pyrrole nitrogens is 1. The van der Waals surface area contributed by atoms with Crippen molar-refractivity contribution in [1.82, 2.24) is 15.5 Å². The first-order valence-electron chi connectivity index (χ1n) is 10.2. The second kappa shape index (κ2) is 8.99. The van der Waals surface area contributed by atoms with Gasteiger partial charge in [0.2, 0.25) is 5.91 Å². The smallest absolute Gasteiger partial charge is 0.251 e. The van der Waals surface area contributed by atoms with E-state index >= 15 is 0 Å². The van der Waals surface area contributed by atoms with Crippen molar-refractivity contribution in [3.05, 3.63) is 66.0 Å². The van der Waals surface area contributed by atoms with Crippen LogP contribution in [0.25, 0.3) is 11.3 Å². The molecule has 2 amide bonds. The molecule has 1 saturated heterocycles. The summed E-state index contributed by atoms with van der Waals surface area (Å²) in [6.45, 7) is 3.00. The summed E-state index contributed by atoms with van der Waals surface area (Å²) in [4.78, 5) is 25.8. The third-order valence-corrected chi connectivity index (χ3v) is 5.34. The first-order chi connectivity index (χ1) is 15.0. The number of anilines is 2. The number of halogens is 1. The maximum Gasteiger partial charge on any atom is 0.251 e. The molecule has 8 heteroatoms. The molecule has 0 saturated carbocycles. The molecule has 0 aliphatic carbocycles. The van der Waals surface area contributed by atoms with E-state index in [2.05, 4.69) is 25.7 Å². The normalized spacial score (nSPS) is 14.3. The molecule has 3 N–H and O–H groups in total. The van der Waals surface area contributed by atoms with Gasteiger partial charge in [-0.25, -0.2) is 4.39 Å². The minimum Gasteiger partial charge on any atom is -0.355 e. The van der Waals surface area contributed by atoms with Crippen molar-refractivity contribution in [3.8, 4) is 11.3 Å². The Morgan fingerprint density at radius 3 is 2.39 bits per heavy atom. The Morgan fingerprint density at radius 2 is 1.74 bits per heavy atom. The molecule has 1 aliphatic rings. The van der Waals surface area contributed by atoms with Gasteiger partial charge in [-0.15, -0.1) is 0 Å². The summed E-state index contributed by atoms with van der Waals surface area (Å²) in [5.41, 5.74) is 2.95. The first-order valence-corrected chi connectivity index (χ1v) is 10.2. The third kappa shape index (κ3) is 5.09. The monoisotopic (exact) mass is 421 g/mol. The average Bonchev–Trinajstić information content (AvgIpc) is 3.25. The molecule has 0 bridgehead atoms. The Kier molecular flexibility index (Phi) is 5.97. The highest BCUT2D eigenvalue weighted by Crippen LogP contribution is 2.24. The standard InChI is InChI=1S/C23H24FN5O2/c1-15(30)25-19-8-4-17(5-9-19)23(31)26-20-10-12-29(13-11-20)22-14-21(27-28-22)16-2-6-18(24)7-3-16/h2-9,14,20H,10-13H2,1H3,(H,25,30)(H,26,31)(H,27,28). The molecule has 1 fully saturated rings. The number of benzene rings is 2. The SMILES string of the molecule is CC(=O)Nc1ccc(C(=O)NC2CCN(c3cc(-c4ccc(F)cc4)[nH]n3)CC2)cc1. The molecule has 1 aliphatic heterocycles. The lowest BCUT2D eigenvalue weighted by Gasteiger charge is -2.32. The molecule has 7 nitrogen and oxygen atoms in total. The van der Waals surface area contributed by atoms with Crippen molar-refractivity contribution in [2.45, 2.75) is 25.8 Å². The van der Waals surface area contributed by atoms with Crippen LogP contribution in [-0.2, 0) is 4.79 Å². The third-order valence-electron chi connectivity index (χ3n) is 5.34. The number of piperidine rings is 1. The lowest BCUT2D eigenvalue weighted by Crippen LogP contribution is -2.44. The second-order valence-electron chi connectivity index (χ2n) is 7.64. The van der Waals surface area contributed by atoms with Gasteiger partial charge in [0.25, 0.3) is 5.91 Å². The highest BCUT2D eigenvalue weighted by atomic mass is 19.1. The Bertz CT molecular complexity index is 1050. The number of hydrogen-bond acceptors (Lipinski definition) is 4. The van der Waals surface area contributed by atoms with E-state index in [9.17, 15) is 14.0 Å². The summed E-state index contributed by atoms with van der Waals surface area (Å²) in [7, 11) is 0. The van der Waals surface area contributed by atoms with Crippen molar-refractivity contribution in [1.29, 1.82) is 0 Å². The lowest BCUT2D eigenvalue weighted by molar-refractivity contribution is -0.114. The highest BCUT2D eigenvalue weighted by molar-refractivity contribution is 5.95. The predicted molar refractivity (Wildman–Crippen MR) is 117 cm³/mol. The number of hydrogen-bond donors (Lipinski definition) is 3. The maximum atomic E-state index is 13.1. The van der Waals surface area contributed by atoms with E-state index in [1.54, 1.807) is 36.4 Å². The topological polar surface area (TPSA) is 90.1 Å². The van der Waals surface area contributed by atoms with Crippen molar-refractivity contribution in [3.63, 3.8) is 0 Å². The quantitative estimate of drug-likeness (QED) is 0.588. The fourth-order valence-electron chi connectivity index (χ4n) is 3.68. The average molecular weight is 421 g/mol. The number of carbonyl (C=O) groups excluding carboxylic acids is 2. The number of carbonyl (C=O) groups is 2. The van der Waals surface area contributed by atoms with Crippen molar-refractivity contribution < 1.29 is 14.0 Å². The van der Waals surface area contributed by atoms with Crippen LogP contribution in [0.15, 0.2) is 54.6 Å². The Morgan fingerprint density at radius 1 is 1.06 bits per heavy atom. The summed E-state index contributed by atoms with van der Waals surface area (Å²) in [6, 6.07) is 15.2. The van der Waals surface area contributed by atoms with Crippen LogP contribution >= 0.6 is 0 Å². The van der Waals surface area contributed by atoms with E-state index in [1.165, 1.54) is 19.1 Å². The number of aromatic nitrogens is 2. The number of nitrogens with zero attached hydrogens (tertiary/aromatic N) is 2. The fourth-order valence-corrected chi connectivity index (χ4v) is 3.68. The minimum absolute atomic E-state index is 0.0919. The van der Waals surface area contributed by atoms with Crippen LogP contribution in [0.1, 0.15) is 30.1 Å². The van der Waals surface area contributed by atoms with E-state index in [4.69, 9.17) is 0 Å². The van der Waals surface area contributed by atoms with Gasteiger partial charge in [0, 0.05) is 43.4 Å². The first kappa shape index (κ1) is 20.6. The van der Waals surface area contributed by atoms with Crippen molar-refractivity contribution in [2.24, 2.45) is 0 Å². The highest BCUT2D eigenvalue weighted by Gasteiger charge is 2.23. The zero-order valence-corrected chi connectivity index (χ0v) is 17.2. The summed E-state index contributed by atoms with van der Waals surface area (Å²) in [6.07, 6.45) is 1.63. The summed E-state index contributed by atoms with van der Waals surface area (Å²) >= 11 is 0. The summed E-state index contributed by atoms with van der Waals surface area (Å²) in [5, 5.41) is 13.2. The fraction of sp³-hybridized carbons (Fsp3) is 0.261. The molecule has 2 heterocycles. The van der Waals surface area contributed by atoms with Gasteiger partial charge < -0.3 is 15.5 Å². The van der Waals surface area contributed by atoms with E-state index < -0.39 is 0 Å². The maximum absolute atomic E-state index is 13.1. The number of amides is 2. The van der Waals surface area contributed by atoms with Crippen LogP contribution in [-0.4, -0.2) is 41.1 Å². The summed E-state index contributed by atoms with van der Waals surface area (Å²) in [5.74, 6) is 0.311. The molecular formula is C23H24FN5O2. The van der Waals surface area contributed by atoms with Crippen LogP contribution in [0.3, 0.4) is 0 Å². The van der Waals surface area contributed by atoms with Crippen LogP contribution < -0.4 is 15.5 Å². The Hall–Kier alpha value is -3.68. The van der Waals surface area contributed by atoms with Gasteiger partial charge in [-0.2, -0.15) is 5.10 Å². The van der Waals surface area contributed by atoms with E-state index in [-0.39, 0.29) is 23.7 Å². The Labute approximate surface area is 179 Å². The number of aromatic amines is 1. The van der Waals surface area contributed by atoms with Gasteiger partial charge in [0.05, 0.1) is 5.69 Å². The largest absolute Gasteiger partial charge is 0.355 e. The molecule has 1 aromatic heterocycles. The molecule has 3 aromatic rings. The Balaban J connectivity index is 1.30. The number of rotatable bonds is 5. The zero-order valence-electron chi connectivity index (χ0n) is 17.2. The molecular weight excluding hydrogens is 397 g/mol. The molecule has 2 aromatic carbocycles. The summed E-state index contributed by atoms with van der Waals surface area (Å²) < 4.78 is 13.1. The number of nitrogens with one attached hydrogen (secondary N) is 3. The van der Waals surface area contributed by atoms with Crippen molar-refractivity contribution in [2.75, 3.05) is 23.3 Å². The molecule has 4 rings (SSSR count). The van der Waals surface area contributed by atoms with Gasteiger partial charge in [-0.1, -0.05) is 0 Å². The molecule has 31 heavy (non-hydrogen) atoms. The molecule has 0 unspecified atom stereocenters. The minimum atomic E-state index is -0.267. The molecule has 0 spiro atoms. The predicted octanol–water partition coefficient (Wildman–Crippen LogP) is 3.57. The van der Waals surface area contributed by atoms with E-state index in [0.717, 1.165) is 43.0 Å². The lowest BCUT2D eigenvalue weighted by atomic mass is 10.0. The molecule has 0 radical (unpaired) electrons.